The van der Waals surface area contributed by atoms with Crippen molar-refractivity contribution in [3.63, 3.8) is 0 Å². The van der Waals surface area contributed by atoms with Crippen molar-refractivity contribution in [3.05, 3.63) is 82.8 Å². The zero-order valence-corrected chi connectivity index (χ0v) is 17.6. The summed E-state index contributed by atoms with van der Waals surface area (Å²) in [5.41, 5.74) is 3.71. The van der Waals surface area contributed by atoms with Crippen LogP contribution in [0.5, 0.6) is 5.75 Å². The fourth-order valence-electron chi connectivity index (χ4n) is 3.57. The average Bonchev–Trinajstić information content (AvgIpc) is 2.99. The van der Waals surface area contributed by atoms with Crippen molar-refractivity contribution in [2.45, 2.75) is 40.3 Å². The molecule has 3 rings (SSSR count). The zero-order valence-electron chi connectivity index (χ0n) is 17.6. The van der Waals surface area contributed by atoms with E-state index in [1.165, 1.54) is 0 Å². The highest BCUT2D eigenvalue weighted by Crippen LogP contribution is 2.35. The zero-order chi connectivity index (χ0) is 21.0. The molecule has 29 heavy (non-hydrogen) atoms. The Labute approximate surface area is 171 Å². The Hall–Kier alpha value is -3.21. The molecule has 1 heterocycles. The first kappa shape index (κ1) is 20.5. The molecule has 0 saturated carbocycles. The molecular weight excluding hydrogens is 366 g/mol. The lowest BCUT2D eigenvalue weighted by Crippen LogP contribution is -2.34. The van der Waals surface area contributed by atoms with E-state index < -0.39 is 6.09 Å². The van der Waals surface area contributed by atoms with Crippen LogP contribution in [0.1, 0.15) is 41.2 Å². The van der Waals surface area contributed by atoms with Crippen LogP contribution in [0.15, 0.2) is 59.0 Å². The number of nitrogens with zero attached hydrogens (tertiary/aromatic N) is 1. The molecule has 0 fully saturated rings. The molecule has 5 heteroatoms. The molecule has 2 aromatic carbocycles. The summed E-state index contributed by atoms with van der Waals surface area (Å²) >= 11 is 0. The third kappa shape index (κ3) is 4.45. The van der Waals surface area contributed by atoms with Gasteiger partial charge in [-0.05, 0) is 63.1 Å². The molecule has 0 spiro atoms. The average molecular weight is 393 g/mol. The summed E-state index contributed by atoms with van der Waals surface area (Å²) in [6.45, 7) is 8.07. The summed E-state index contributed by atoms with van der Waals surface area (Å²) < 4.78 is 16.7. The summed E-state index contributed by atoms with van der Waals surface area (Å²) in [6, 6.07) is 16.8. The van der Waals surface area contributed by atoms with Crippen molar-refractivity contribution in [2.75, 3.05) is 12.0 Å². The Kier molecular flexibility index (Phi) is 6.27. The molecule has 1 aromatic heterocycles. The summed E-state index contributed by atoms with van der Waals surface area (Å²) in [7, 11) is 1.62. The van der Waals surface area contributed by atoms with Crippen LogP contribution in [0.4, 0.5) is 10.5 Å². The van der Waals surface area contributed by atoms with Crippen molar-refractivity contribution in [3.8, 4) is 5.75 Å². The van der Waals surface area contributed by atoms with Crippen LogP contribution in [0.3, 0.4) is 0 Å². The van der Waals surface area contributed by atoms with Crippen LogP contribution < -0.4 is 9.64 Å². The van der Waals surface area contributed by atoms with E-state index in [4.69, 9.17) is 13.9 Å². The van der Waals surface area contributed by atoms with Crippen molar-refractivity contribution >= 4 is 11.8 Å². The van der Waals surface area contributed by atoms with E-state index in [2.05, 4.69) is 0 Å². The van der Waals surface area contributed by atoms with E-state index in [0.29, 0.717) is 0 Å². The first-order valence-corrected chi connectivity index (χ1v) is 9.62. The van der Waals surface area contributed by atoms with Crippen molar-refractivity contribution < 1.29 is 18.7 Å². The second kappa shape index (κ2) is 8.86. The van der Waals surface area contributed by atoms with E-state index in [-0.39, 0.29) is 12.6 Å². The van der Waals surface area contributed by atoms with Gasteiger partial charge in [-0.15, -0.1) is 0 Å². The van der Waals surface area contributed by atoms with E-state index in [1.807, 2.05) is 82.3 Å². The topological polar surface area (TPSA) is 51.9 Å². The number of methoxy groups -OCH3 is 1. The van der Waals surface area contributed by atoms with Crippen molar-refractivity contribution in [1.29, 1.82) is 0 Å². The lowest BCUT2D eigenvalue weighted by atomic mass is 10.0. The van der Waals surface area contributed by atoms with Gasteiger partial charge >= 0.3 is 6.09 Å². The fraction of sp³-hybridized carbons (Fsp3) is 0.292. The van der Waals surface area contributed by atoms with Crippen LogP contribution in [0.25, 0.3) is 0 Å². The second-order valence-corrected chi connectivity index (χ2v) is 7.04. The number of rotatable bonds is 6. The standard InChI is InChI=1S/C24H27NO4/c1-16-18(3)29-19(4)23(16)17(2)25(21-11-13-22(27-5)14-12-21)24(26)28-15-20-9-7-6-8-10-20/h6-14,17H,15H2,1-5H3. The molecule has 152 valence electrons. The van der Waals surface area contributed by atoms with Gasteiger partial charge in [0.25, 0.3) is 0 Å². The lowest BCUT2D eigenvalue weighted by Gasteiger charge is -2.29. The third-order valence-electron chi connectivity index (χ3n) is 5.18. The quantitative estimate of drug-likeness (QED) is 0.506. The van der Waals surface area contributed by atoms with Gasteiger partial charge in [-0.1, -0.05) is 30.3 Å². The number of furan rings is 1. The number of hydrogen-bond donors (Lipinski definition) is 0. The number of anilines is 1. The van der Waals surface area contributed by atoms with E-state index in [0.717, 1.165) is 39.6 Å². The van der Waals surface area contributed by atoms with Gasteiger partial charge in [0.15, 0.2) is 0 Å². The maximum Gasteiger partial charge on any atom is 0.415 e. The first-order chi connectivity index (χ1) is 13.9. The van der Waals surface area contributed by atoms with E-state index in [1.54, 1.807) is 12.0 Å². The van der Waals surface area contributed by atoms with Gasteiger partial charge in [0, 0.05) is 11.3 Å². The lowest BCUT2D eigenvalue weighted by molar-refractivity contribution is 0.145. The molecule has 1 unspecified atom stereocenters. The van der Waals surface area contributed by atoms with Crippen molar-refractivity contribution in [1.82, 2.24) is 0 Å². The highest BCUT2D eigenvalue weighted by atomic mass is 16.6. The van der Waals surface area contributed by atoms with Gasteiger partial charge < -0.3 is 13.9 Å². The molecule has 0 aliphatic rings. The molecule has 0 saturated heterocycles. The maximum absolute atomic E-state index is 13.2. The Morgan fingerprint density at radius 3 is 2.21 bits per heavy atom. The monoisotopic (exact) mass is 393 g/mol. The predicted molar refractivity (Wildman–Crippen MR) is 113 cm³/mol. The van der Waals surface area contributed by atoms with Crippen LogP contribution in [0, 0.1) is 20.8 Å². The second-order valence-electron chi connectivity index (χ2n) is 7.04. The molecule has 0 N–H and O–H groups in total. The highest BCUT2D eigenvalue weighted by molar-refractivity contribution is 5.88. The van der Waals surface area contributed by atoms with Crippen LogP contribution in [-0.4, -0.2) is 13.2 Å². The Morgan fingerprint density at radius 2 is 1.66 bits per heavy atom. The predicted octanol–water partition coefficient (Wildman–Crippen LogP) is 6.12. The Balaban J connectivity index is 1.93. The summed E-state index contributed by atoms with van der Waals surface area (Å²) in [6.07, 6.45) is -0.413. The van der Waals surface area contributed by atoms with Gasteiger partial charge in [0.2, 0.25) is 0 Å². The molecule has 5 nitrogen and oxygen atoms in total. The molecular formula is C24H27NO4. The number of ether oxygens (including phenoxy) is 2. The first-order valence-electron chi connectivity index (χ1n) is 9.62. The Bertz CT molecular complexity index is 961. The van der Waals surface area contributed by atoms with Crippen molar-refractivity contribution in [2.24, 2.45) is 0 Å². The van der Waals surface area contributed by atoms with Gasteiger partial charge in [-0.25, -0.2) is 4.79 Å². The van der Waals surface area contributed by atoms with Gasteiger partial charge in [-0.2, -0.15) is 0 Å². The van der Waals surface area contributed by atoms with Gasteiger partial charge in [-0.3, -0.25) is 4.90 Å². The largest absolute Gasteiger partial charge is 0.497 e. The normalized spacial score (nSPS) is 11.8. The number of aryl methyl sites for hydroxylation is 2. The Morgan fingerprint density at radius 1 is 1.00 bits per heavy atom. The van der Waals surface area contributed by atoms with Gasteiger partial charge in [0.05, 0.1) is 13.2 Å². The maximum atomic E-state index is 13.2. The molecule has 0 radical (unpaired) electrons. The van der Waals surface area contributed by atoms with Gasteiger partial charge in [0.1, 0.15) is 23.9 Å². The molecule has 1 amide bonds. The molecule has 3 aromatic rings. The molecule has 0 aliphatic heterocycles. The van der Waals surface area contributed by atoms with E-state index >= 15 is 0 Å². The van der Waals surface area contributed by atoms with Crippen LogP contribution in [0.2, 0.25) is 0 Å². The molecule has 0 aliphatic carbocycles. The molecule has 1 atom stereocenters. The minimum Gasteiger partial charge on any atom is -0.497 e. The minimum absolute atomic E-state index is 0.210. The fourth-order valence-corrected chi connectivity index (χ4v) is 3.57. The number of carbonyl (C=O) groups is 1. The summed E-state index contributed by atoms with van der Waals surface area (Å²) in [5.74, 6) is 2.39. The number of amides is 1. The van der Waals surface area contributed by atoms with E-state index in [9.17, 15) is 4.79 Å². The third-order valence-corrected chi connectivity index (χ3v) is 5.18. The minimum atomic E-state index is -0.413. The SMILES string of the molecule is COc1ccc(N(C(=O)OCc2ccccc2)C(C)c2c(C)oc(C)c2C)cc1. The highest BCUT2D eigenvalue weighted by Gasteiger charge is 2.29. The van der Waals surface area contributed by atoms with Crippen LogP contribution >= 0.6 is 0 Å². The smallest absolute Gasteiger partial charge is 0.415 e. The molecule has 0 bridgehead atoms. The summed E-state index contributed by atoms with van der Waals surface area (Å²) in [5, 5.41) is 0. The summed E-state index contributed by atoms with van der Waals surface area (Å²) in [4.78, 5) is 14.8. The number of carbonyl (C=O) groups excluding carboxylic acids is 1. The number of benzene rings is 2. The van der Waals surface area contributed by atoms with Crippen LogP contribution in [-0.2, 0) is 11.3 Å². The number of hydrogen-bond acceptors (Lipinski definition) is 4.